The summed E-state index contributed by atoms with van der Waals surface area (Å²) in [7, 11) is 2.10. The van der Waals surface area contributed by atoms with Crippen LogP contribution in [-0.4, -0.2) is 58.3 Å². The third-order valence-corrected chi connectivity index (χ3v) is 4.04. The number of hydrogen-bond donors (Lipinski definition) is 0. The molecule has 5 nitrogen and oxygen atoms in total. The van der Waals surface area contributed by atoms with E-state index in [1.165, 1.54) is 0 Å². The minimum atomic E-state index is 0.223. The summed E-state index contributed by atoms with van der Waals surface area (Å²) in [6.45, 7) is 5.64. The number of amides is 1. The lowest BCUT2D eigenvalue weighted by Gasteiger charge is -2.32. The number of fused-ring (bicyclic) bond motifs is 1. The number of nitrogens with zero attached hydrogens (tertiary/aromatic N) is 4. The van der Waals surface area contributed by atoms with E-state index in [4.69, 9.17) is 0 Å². The van der Waals surface area contributed by atoms with Crippen molar-refractivity contribution in [3.8, 4) is 0 Å². The zero-order valence-electron chi connectivity index (χ0n) is 12.0. The molecule has 0 atom stereocenters. The van der Waals surface area contributed by atoms with Crippen LogP contribution in [0.1, 0.15) is 11.1 Å². The second-order valence-corrected chi connectivity index (χ2v) is 5.54. The van der Waals surface area contributed by atoms with Crippen LogP contribution in [-0.2, 0) is 11.2 Å². The molecular weight excluding hydrogens is 252 g/mol. The molecule has 0 N–H and O–H groups in total. The molecule has 1 fully saturated rings. The lowest BCUT2D eigenvalue weighted by molar-refractivity contribution is -0.132. The molecule has 0 aromatic carbocycles. The molecule has 0 unspecified atom stereocenters. The van der Waals surface area contributed by atoms with Crippen molar-refractivity contribution in [1.82, 2.24) is 19.2 Å². The van der Waals surface area contributed by atoms with Gasteiger partial charge in [0.15, 0.2) is 0 Å². The van der Waals surface area contributed by atoms with E-state index in [1.54, 1.807) is 6.20 Å². The molecule has 0 spiro atoms. The summed E-state index contributed by atoms with van der Waals surface area (Å²) in [6, 6.07) is 2.03. The first-order valence-corrected chi connectivity index (χ1v) is 7.02. The van der Waals surface area contributed by atoms with E-state index in [0.717, 1.165) is 43.0 Å². The van der Waals surface area contributed by atoms with Crippen molar-refractivity contribution in [1.29, 1.82) is 0 Å². The second-order valence-electron chi connectivity index (χ2n) is 5.54. The Kier molecular flexibility index (Phi) is 3.44. The predicted octanol–water partition coefficient (Wildman–Crippen LogP) is 0.959. The molecule has 0 saturated carbocycles. The Morgan fingerprint density at radius 2 is 2.05 bits per heavy atom. The fraction of sp³-hybridized carbons (Fsp3) is 0.467. The van der Waals surface area contributed by atoms with Gasteiger partial charge in [-0.05, 0) is 31.2 Å². The van der Waals surface area contributed by atoms with Gasteiger partial charge < -0.3 is 14.2 Å². The highest BCUT2D eigenvalue weighted by molar-refractivity contribution is 5.79. The van der Waals surface area contributed by atoms with Gasteiger partial charge in [0.25, 0.3) is 0 Å². The van der Waals surface area contributed by atoms with Crippen molar-refractivity contribution in [3.05, 3.63) is 35.8 Å². The van der Waals surface area contributed by atoms with Crippen LogP contribution in [0.5, 0.6) is 0 Å². The lowest BCUT2D eigenvalue weighted by Crippen LogP contribution is -2.47. The molecule has 20 heavy (non-hydrogen) atoms. The smallest absolute Gasteiger partial charge is 0.227 e. The Labute approximate surface area is 118 Å². The van der Waals surface area contributed by atoms with Crippen molar-refractivity contribution in [2.75, 3.05) is 33.2 Å². The number of rotatable bonds is 2. The minimum absolute atomic E-state index is 0.223. The van der Waals surface area contributed by atoms with Gasteiger partial charge in [-0.25, -0.2) is 4.98 Å². The molecule has 3 heterocycles. The topological polar surface area (TPSA) is 40.9 Å². The van der Waals surface area contributed by atoms with E-state index in [2.05, 4.69) is 16.9 Å². The molecule has 1 aliphatic heterocycles. The van der Waals surface area contributed by atoms with Crippen molar-refractivity contribution in [2.45, 2.75) is 13.3 Å². The molecule has 0 aliphatic carbocycles. The quantitative estimate of drug-likeness (QED) is 0.817. The average Bonchev–Trinajstić information content (AvgIpc) is 2.87. The summed E-state index contributed by atoms with van der Waals surface area (Å²) in [5, 5.41) is 0. The number of piperazine rings is 1. The second kappa shape index (κ2) is 5.25. The van der Waals surface area contributed by atoms with Crippen LogP contribution < -0.4 is 0 Å². The van der Waals surface area contributed by atoms with Crippen LogP contribution in [0.4, 0.5) is 0 Å². The van der Waals surface area contributed by atoms with Crippen LogP contribution in [0, 0.1) is 6.92 Å². The summed E-state index contributed by atoms with van der Waals surface area (Å²) < 4.78 is 1.97. The summed E-state index contributed by atoms with van der Waals surface area (Å²) >= 11 is 0. The van der Waals surface area contributed by atoms with Crippen LogP contribution in [0.15, 0.2) is 24.7 Å². The first-order valence-electron chi connectivity index (χ1n) is 7.02. The zero-order valence-corrected chi connectivity index (χ0v) is 12.0. The molecule has 1 aliphatic rings. The monoisotopic (exact) mass is 272 g/mol. The third kappa shape index (κ3) is 2.54. The van der Waals surface area contributed by atoms with Gasteiger partial charge in [-0.2, -0.15) is 0 Å². The Balaban J connectivity index is 1.75. The summed E-state index contributed by atoms with van der Waals surface area (Å²) in [5.74, 6) is 0.223. The molecule has 1 amide bonds. The number of carbonyl (C=O) groups excluding carboxylic acids is 1. The van der Waals surface area contributed by atoms with Crippen molar-refractivity contribution < 1.29 is 4.79 Å². The van der Waals surface area contributed by atoms with E-state index in [1.807, 2.05) is 34.7 Å². The Morgan fingerprint density at radius 3 is 2.80 bits per heavy atom. The van der Waals surface area contributed by atoms with E-state index in [-0.39, 0.29) is 5.91 Å². The molecule has 0 bridgehead atoms. The van der Waals surface area contributed by atoms with E-state index in [0.29, 0.717) is 6.42 Å². The molecular formula is C15H20N4O. The number of likely N-dealkylation sites (N-methyl/N-ethyl adjacent to an activating group) is 1. The Morgan fingerprint density at radius 1 is 1.30 bits per heavy atom. The maximum atomic E-state index is 12.4. The summed E-state index contributed by atoms with van der Waals surface area (Å²) in [4.78, 5) is 20.9. The number of pyridine rings is 1. The lowest BCUT2D eigenvalue weighted by atomic mass is 10.1. The van der Waals surface area contributed by atoms with E-state index >= 15 is 0 Å². The average molecular weight is 272 g/mol. The number of imidazole rings is 1. The van der Waals surface area contributed by atoms with Crippen molar-refractivity contribution in [2.24, 2.45) is 0 Å². The molecule has 5 heteroatoms. The van der Waals surface area contributed by atoms with Crippen molar-refractivity contribution in [3.63, 3.8) is 0 Å². The third-order valence-electron chi connectivity index (χ3n) is 4.04. The first-order chi connectivity index (χ1) is 9.63. The van der Waals surface area contributed by atoms with E-state index in [9.17, 15) is 4.79 Å². The van der Waals surface area contributed by atoms with Crippen LogP contribution in [0.3, 0.4) is 0 Å². The number of carbonyl (C=O) groups is 1. The van der Waals surface area contributed by atoms with Crippen LogP contribution in [0.25, 0.3) is 5.65 Å². The minimum Gasteiger partial charge on any atom is -0.340 e. The normalized spacial score (nSPS) is 16.8. The highest BCUT2D eigenvalue weighted by atomic mass is 16.2. The van der Waals surface area contributed by atoms with Gasteiger partial charge in [0, 0.05) is 44.8 Å². The largest absolute Gasteiger partial charge is 0.340 e. The van der Waals surface area contributed by atoms with Gasteiger partial charge in [0.2, 0.25) is 5.91 Å². The molecule has 3 rings (SSSR count). The zero-order chi connectivity index (χ0) is 14.1. The number of aromatic nitrogens is 2. The van der Waals surface area contributed by atoms with Gasteiger partial charge in [0.1, 0.15) is 5.65 Å². The van der Waals surface area contributed by atoms with Crippen LogP contribution in [0.2, 0.25) is 0 Å². The SMILES string of the molecule is Cc1cc2nccn2cc1CC(=O)N1CCN(C)CC1. The fourth-order valence-electron chi connectivity index (χ4n) is 2.62. The molecule has 106 valence electrons. The maximum absolute atomic E-state index is 12.4. The van der Waals surface area contributed by atoms with Crippen molar-refractivity contribution >= 4 is 11.6 Å². The predicted molar refractivity (Wildman–Crippen MR) is 77.7 cm³/mol. The number of aryl methyl sites for hydroxylation is 1. The maximum Gasteiger partial charge on any atom is 0.227 e. The van der Waals surface area contributed by atoms with Gasteiger partial charge in [-0.3, -0.25) is 4.79 Å². The summed E-state index contributed by atoms with van der Waals surface area (Å²) in [5.41, 5.74) is 3.14. The van der Waals surface area contributed by atoms with Gasteiger partial charge >= 0.3 is 0 Å². The Bertz CT molecular complexity index is 626. The molecule has 2 aromatic rings. The fourth-order valence-corrected chi connectivity index (χ4v) is 2.62. The highest BCUT2D eigenvalue weighted by Gasteiger charge is 2.19. The van der Waals surface area contributed by atoms with Crippen LogP contribution >= 0.6 is 0 Å². The number of hydrogen-bond acceptors (Lipinski definition) is 3. The first kappa shape index (κ1) is 13.1. The summed E-state index contributed by atoms with van der Waals surface area (Å²) in [6.07, 6.45) is 6.19. The van der Waals surface area contributed by atoms with Gasteiger partial charge in [-0.15, -0.1) is 0 Å². The molecule has 1 saturated heterocycles. The van der Waals surface area contributed by atoms with Gasteiger partial charge in [-0.1, -0.05) is 0 Å². The van der Waals surface area contributed by atoms with E-state index < -0.39 is 0 Å². The highest BCUT2D eigenvalue weighted by Crippen LogP contribution is 2.13. The standard InChI is InChI=1S/C15H20N4O/c1-12-9-14-16-3-4-19(14)11-13(12)10-15(20)18-7-5-17(2)6-8-18/h3-4,9,11H,5-8,10H2,1-2H3. The molecule has 2 aromatic heterocycles. The van der Waals surface area contributed by atoms with Gasteiger partial charge in [0.05, 0.1) is 6.42 Å². The molecule has 0 radical (unpaired) electrons. The Hall–Kier alpha value is -1.88.